The third-order valence-corrected chi connectivity index (χ3v) is 3.34. The number of furan rings is 1. The Hall–Kier alpha value is -2.26. The first-order valence-corrected chi connectivity index (χ1v) is 6.69. The molecular weight excluding hydrogens is 278 g/mol. The van der Waals surface area contributed by atoms with Crippen molar-refractivity contribution in [2.75, 3.05) is 19.6 Å². The second-order valence-corrected chi connectivity index (χ2v) is 5.11. The molecule has 0 atom stereocenters. The summed E-state index contributed by atoms with van der Waals surface area (Å²) < 4.78 is 5.10. The molecule has 1 saturated heterocycles. The third kappa shape index (κ3) is 4.36. The highest BCUT2D eigenvalue weighted by Crippen LogP contribution is 2.14. The van der Waals surface area contributed by atoms with E-state index in [0.717, 1.165) is 32.4 Å². The van der Waals surface area contributed by atoms with Crippen LogP contribution < -0.4 is 11.3 Å². The molecule has 0 spiro atoms. The molecule has 0 bridgehead atoms. The number of nitrogens with zero attached hydrogens (tertiary/aromatic N) is 3. The number of nitrogens with two attached hydrogens (primary N) is 1. The van der Waals surface area contributed by atoms with Crippen LogP contribution in [0.5, 0.6) is 0 Å². The van der Waals surface area contributed by atoms with Gasteiger partial charge >= 0.3 is 5.88 Å². The van der Waals surface area contributed by atoms with Crippen LogP contribution >= 0.6 is 0 Å². The van der Waals surface area contributed by atoms with Gasteiger partial charge in [0, 0.05) is 0 Å². The molecule has 0 unspecified atom stereocenters. The van der Waals surface area contributed by atoms with Gasteiger partial charge in [-0.3, -0.25) is 14.9 Å². The number of hydrogen-bond acceptors (Lipinski definition) is 6. The zero-order valence-electron chi connectivity index (χ0n) is 11.5. The number of carbonyl (C=O) groups excluding carboxylic acids is 1. The van der Waals surface area contributed by atoms with Gasteiger partial charge in [-0.1, -0.05) is 0 Å². The standard InChI is InChI=1S/C12H17N5O4/c13-17(6-2-1-3-7-17)9-11(18)15-14-8-10-4-5-12(21-10)16(19)20/h4-5,8H,1-3,6-7,9,13H2/p+1. The Balaban J connectivity index is 1.82. The van der Waals surface area contributed by atoms with Crippen LogP contribution in [0.4, 0.5) is 5.88 Å². The Bertz CT molecular complexity index is 548. The first-order chi connectivity index (χ1) is 9.98. The van der Waals surface area contributed by atoms with Crippen LogP contribution in [0.2, 0.25) is 0 Å². The van der Waals surface area contributed by atoms with E-state index in [2.05, 4.69) is 10.5 Å². The number of carbonyl (C=O) groups is 1. The molecule has 2 rings (SSSR count). The van der Waals surface area contributed by atoms with Crippen LogP contribution in [0.1, 0.15) is 25.0 Å². The fourth-order valence-electron chi connectivity index (χ4n) is 2.30. The van der Waals surface area contributed by atoms with E-state index in [9.17, 15) is 14.9 Å². The maximum Gasteiger partial charge on any atom is 0.433 e. The van der Waals surface area contributed by atoms with E-state index in [1.165, 1.54) is 18.3 Å². The van der Waals surface area contributed by atoms with Crippen molar-refractivity contribution in [3.8, 4) is 0 Å². The molecule has 1 aromatic rings. The summed E-state index contributed by atoms with van der Waals surface area (Å²) in [5.74, 6) is 5.63. The van der Waals surface area contributed by atoms with Crippen molar-refractivity contribution in [1.29, 1.82) is 0 Å². The average Bonchev–Trinajstić information content (AvgIpc) is 2.88. The molecule has 21 heavy (non-hydrogen) atoms. The molecular formula is C12H18N5O4+. The molecule has 1 amide bonds. The number of piperidine rings is 1. The summed E-state index contributed by atoms with van der Waals surface area (Å²) in [7, 11) is 0. The highest BCUT2D eigenvalue weighted by Gasteiger charge is 2.28. The number of quaternary nitrogens is 1. The van der Waals surface area contributed by atoms with Crippen molar-refractivity contribution in [2.24, 2.45) is 10.9 Å². The predicted octanol–water partition coefficient (Wildman–Crippen LogP) is 0.512. The van der Waals surface area contributed by atoms with Crippen molar-refractivity contribution in [3.05, 3.63) is 28.0 Å². The smallest absolute Gasteiger partial charge is 0.400 e. The summed E-state index contributed by atoms with van der Waals surface area (Å²) in [6.45, 7) is 1.72. The van der Waals surface area contributed by atoms with Crippen molar-refractivity contribution in [1.82, 2.24) is 5.43 Å². The lowest BCUT2D eigenvalue weighted by molar-refractivity contribution is -0.936. The van der Waals surface area contributed by atoms with E-state index in [1.807, 2.05) is 0 Å². The molecule has 0 saturated carbocycles. The number of amides is 1. The minimum atomic E-state index is -0.644. The number of nitro groups is 1. The van der Waals surface area contributed by atoms with E-state index in [-0.39, 0.29) is 28.7 Å². The SMILES string of the molecule is N[N+]1(CC(=O)NN=Cc2ccc([N+](=O)[O-])o2)CCCCC1. The van der Waals surface area contributed by atoms with Gasteiger partial charge in [0.2, 0.25) is 0 Å². The fraction of sp³-hybridized carbons (Fsp3) is 0.500. The Labute approximate surface area is 121 Å². The first-order valence-electron chi connectivity index (χ1n) is 6.69. The molecule has 114 valence electrons. The minimum Gasteiger partial charge on any atom is -0.400 e. The second-order valence-electron chi connectivity index (χ2n) is 5.11. The van der Waals surface area contributed by atoms with E-state index in [0.29, 0.717) is 0 Å². The molecule has 0 aromatic carbocycles. The lowest BCUT2D eigenvalue weighted by Gasteiger charge is -2.34. The van der Waals surface area contributed by atoms with Gasteiger partial charge in [0.15, 0.2) is 12.3 Å². The maximum absolute atomic E-state index is 11.8. The molecule has 9 nitrogen and oxygen atoms in total. The highest BCUT2D eigenvalue weighted by atomic mass is 16.6. The van der Waals surface area contributed by atoms with Gasteiger partial charge in [-0.15, -0.1) is 0 Å². The van der Waals surface area contributed by atoms with Crippen molar-refractivity contribution in [2.45, 2.75) is 19.3 Å². The lowest BCUT2D eigenvalue weighted by atomic mass is 10.1. The summed E-state index contributed by atoms with van der Waals surface area (Å²) in [5, 5.41) is 14.1. The summed E-state index contributed by atoms with van der Waals surface area (Å²) in [4.78, 5) is 21.6. The summed E-state index contributed by atoms with van der Waals surface area (Å²) in [5.41, 5.74) is 2.35. The Morgan fingerprint density at radius 3 is 2.81 bits per heavy atom. The molecule has 1 fully saturated rings. The maximum atomic E-state index is 11.8. The zero-order chi connectivity index (χ0) is 15.3. The van der Waals surface area contributed by atoms with Gasteiger partial charge in [-0.25, -0.2) is 10.0 Å². The predicted molar refractivity (Wildman–Crippen MR) is 74.0 cm³/mol. The Morgan fingerprint density at radius 1 is 1.48 bits per heavy atom. The topological polar surface area (TPSA) is 124 Å². The molecule has 0 radical (unpaired) electrons. The third-order valence-electron chi connectivity index (χ3n) is 3.34. The van der Waals surface area contributed by atoms with Crippen LogP contribution in [-0.4, -0.2) is 41.3 Å². The minimum absolute atomic E-state index is 0.162. The van der Waals surface area contributed by atoms with Crippen molar-refractivity contribution >= 4 is 18.0 Å². The normalized spacial score (nSPS) is 17.8. The number of hydrogen-bond donors (Lipinski definition) is 2. The van der Waals surface area contributed by atoms with Gasteiger partial charge in [0.1, 0.15) is 4.92 Å². The zero-order valence-corrected chi connectivity index (χ0v) is 11.5. The number of likely N-dealkylation sites (tertiary alicyclic amines) is 1. The van der Waals surface area contributed by atoms with E-state index in [4.69, 9.17) is 10.3 Å². The summed E-state index contributed by atoms with van der Waals surface area (Å²) >= 11 is 0. The average molecular weight is 296 g/mol. The van der Waals surface area contributed by atoms with Gasteiger partial charge in [0.05, 0.1) is 25.4 Å². The van der Waals surface area contributed by atoms with Crippen LogP contribution in [0.3, 0.4) is 0 Å². The van der Waals surface area contributed by atoms with Crippen LogP contribution in [0.25, 0.3) is 0 Å². The number of rotatable bonds is 5. The second kappa shape index (κ2) is 6.46. The van der Waals surface area contributed by atoms with Gasteiger partial charge < -0.3 is 4.42 Å². The molecule has 1 aliphatic heterocycles. The van der Waals surface area contributed by atoms with Crippen LogP contribution in [0, 0.1) is 10.1 Å². The monoisotopic (exact) mass is 296 g/mol. The lowest BCUT2D eigenvalue weighted by Crippen LogP contribution is -2.60. The van der Waals surface area contributed by atoms with Crippen LogP contribution in [0.15, 0.2) is 21.7 Å². The molecule has 1 aromatic heterocycles. The fourth-order valence-corrected chi connectivity index (χ4v) is 2.30. The summed E-state index contributed by atoms with van der Waals surface area (Å²) in [6.07, 6.45) is 4.39. The first kappa shape index (κ1) is 15.1. The molecule has 3 N–H and O–H groups in total. The largest absolute Gasteiger partial charge is 0.433 e. The van der Waals surface area contributed by atoms with Crippen LogP contribution in [-0.2, 0) is 4.79 Å². The Kier molecular flexibility index (Phi) is 4.66. The number of nitrogens with one attached hydrogen (secondary N) is 1. The Morgan fingerprint density at radius 2 is 2.19 bits per heavy atom. The van der Waals surface area contributed by atoms with E-state index < -0.39 is 4.92 Å². The molecule has 1 aliphatic rings. The van der Waals surface area contributed by atoms with Gasteiger partial charge in [0.25, 0.3) is 5.91 Å². The van der Waals surface area contributed by atoms with E-state index in [1.54, 1.807) is 0 Å². The summed E-state index contributed by atoms with van der Waals surface area (Å²) in [6, 6.07) is 2.62. The van der Waals surface area contributed by atoms with Crippen molar-refractivity contribution in [3.63, 3.8) is 0 Å². The van der Waals surface area contributed by atoms with Gasteiger partial charge in [-0.2, -0.15) is 10.9 Å². The quantitative estimate of drug-likeness (QED) is 0.269. The number of hydrazone groups is 1. The van der Waals surface area contributed by atoms with Gasteiger partial charge in [-0.05, 0) is 25.3 Å². The van der Waals surface area contributed by atoms with E-state index >= 15 is 0 Å². The van der Waals surface area contributed by atoms with Crippen molar-refractivity contribution < 1.29 is 18.7 Å². The highest BCUT2D eigenvalue weighted by molar-refractivity contribution is 5.81. The molecule has 2 heterocycles. The molecule has 0 aliphatic carbocycles. The molecule has 9 heteroatoms.